The lowest BCUT2D eigenvalue weighted by Crippen LogP contribution is -3.14. The zero-order chi connectivity index (χ0) is 19.2. The first-order valence-electron chi connectivity index (χ1n) is 9.17. The molecule has 9 nitrogen and oxygen atoms in total. The van der Waals surface area contributed by atoms with Crippen LogP contribution >= 0.6 is 0 Å². The van der Waals surface area contributed by atoms with Crippen LogP contribution in [-0.2, 0) is 9.59 Å². The highest BCUT2D eigenvalue weighted by Crippen LogP contribution is 2.32. The molecule has 1 saturated carbocycles. The predicted octanol–water partition coefficient (Wildman–Crippen LogP) is -0.711. The molecule has 0 bridgehead atoms. The molecule has 1 heterocycles. The Morgan fingerprint density at radius 2 is 1.78 bits per heavy atom. The molecule has 146 valence electrons. The number of imide groups is 1. The van der Waals surface area contributed by atoms with Crippen molar-refractivity contribution >= 4 is 23.5 Å². The molecule has 0 spiro atoms. The summed E-state index contributed by atoms with van der Waals surface area (Å²) in [5, 5.41) is 7.79. The van der Waals surface area contributed by atoms with Crippen molar-refractivity contribution in [2.45, 2.75) is 25.8 Å². The van der Waals surface area contributed by atoms with Crippen molar-refractivity contribution in [3.8, 4) is 11.5 Å². The van der Waals surface area contributed by atoms with E-state index in [2.05, 4.69) is 16.0 Å². The lowest BCUT2D eigenvalue weighted by Gasteiger charge is -2.19. The average Bonchev–Trinajstić information content (AvgIpc) is 3.44. The Morgan fingerprint density at radius 3 is 2.48 bits per heavy atom. The summed E-state index contributed by atoms with van der Waals surface area (Å²) in [4.78, 5) is 36.6. The van der Waals surface area contributed by atoms with E-state index in [1.165, 1.54) is 0 Å². The van der Waals surface area contributed by atoms with Crippen LogP contribution in [0.1, 0.15) is 19.8 Å². The molecular formula is C18H25N4O5+. The summed E-state index contributed by atoms with van der Waals surface area (Å²) in [5.74, 6) is 0.622. The molecule has 3 rings (SSSR count). The average molecular weight is 377 g/mol. The summed E-state index contributed by atoms with van der Waals surface area (Å²) in [6.45, 7) is 3.60. The van der Waals surface area contributed by atoms with E-state index >= 15 is 0 Å². The molecule has 1 aromatic carbocycles. The van der Waals surface area contributed by atoms with E-state index in [0.717, 1.165) is 17.7 Å². The molecule has 1 fully saturated rings. The van der Waals surface area contributed by atoms with Crippen molar-refractivity contribution in [3.63, 3.8) is 0 Å². The number of anilines is 1. The van der Waals surface area contributed by atoms with E-state index in [-0.39, 0.29) is 25.0 Å². The number of carbonyl (C=O) groups is 3. The number of benzene rings is 1. The molecule has 27 heavy (non-hydrogen) atoms. The Balaban J connectivity index is 1.46. The second-order valence-electron chi connectivity index (χ2n) is 6.66. The number of hydrogen-bond acceptors (Lipinski definition) is 5. The number of rotatable bonds is 7. The van der Waals surface area contributed by atoms with E-state index in [1.807, 2.05) is 6.92 Å². The highest BCUT2D eigenvalue weighted by molar-refractivity contribution is 5.95. The number of carbonyl (C=O) groups excluding carboxylic acids is 3. The molecule has 4 N–H and O–H groups in total. The third-order valence-corrected chi connectivity index (χ3v) is 4.31. The first-order valence-corrected chi connectivity index (χ1v) is 9.17. The summed E-state index contributed by atoms with van der Waals surface area (Å²) >= 11 is 0. The van der Waals surface area contributed by atoms with Crippen LogP contribution in [0.3, 0.4) is 0 Å². The van der Waals surface area contributed by atoms with Gasteiger partial charge in [-0.2, -0.15) is 0 Å². The Morgan fingerprint density at radius 1 is 1.07 bits per heavy atom. The van der Waals surface area contributed by atoms with Gasteiger partial charge >= 0.3 is 6.03 Å². The maximum absolute atomic E-state index is 12.3. The van der Waals surface area contributed by atoms with Gasteiger partial charge in [0, 0.05) is 17.8 Å². The minimum absolute atomic E-state index is 0.0448. The normalized spacial score (nSPS) is 16.2. The van der Waals surface area contributed by atoms with E-state index < -0.39 is 11.9 Å². The maximum atomic E-state index is 12.3. The van der Waals surface area contributed by atoms with Crippen LogP contribution in [0.15, 0.2) is 18.2 Å². The summed E-state index contributed by atoms with van der Waals surface area (Å²) in [6, 6.07) is 4.92. The summed E-state index contributed by atoms with van der Waals surface area (Å²) in [5.41, 5.74) is 0.605. The molecule has 9 heteroatoms. The van der Waals surface area contributed by atoms with Gasteiger partial charge in [-0.15, -0.1) is 0 Å². The molecule has 1 atom stereocenters. The zero-order valence-corrected chi connectivity index (χ0v) is 15.3. The van der Waals surface area contributed by atoms with Gasteiger partial charge in [-0.3, -0.25) is 14.9 Å². The lowest BCUT2D eigenvalue weighted by atomic mass is 10.2. The second kappa shape index (κ2) is 8.72. The second-order valence-corrected chi connectivity index (χ2v) is 6.66. The number of amides is 4. The van der Waals surface area contributed by atoms with Crippen LogP contribution in [0.4, 0.5) is 10.5 Å². The smallest absolute Gasteiger partial charge is 0.321 e. The Bertz CT molecular complexity index is 720. The van der Waals surface area contributed by atoms with Crippen molar-refractivity contribution in [1.29, 1.82) is 0 Å². The fourth-order valence-electron chi connectivity index (χ4n) is 2.71. The molecule has 1 unspecified atom stereocenters. The van der Waals surface area contributed by atoms with Crippen molar-refractivity contribution in [2.24, 2.45) is 0 Å². The van der Waals surface area contributed by atoms with E-state index in [0.29, 0.717) is 36.9 Å². The molecule has 1 aromatic rings. The number of nitrogens with one attached hydrogen (secondary N) is 4. The van der Waals surface area contributed by atoms with Gasteiger partial charge in [0.1, 0.15) is 13.2 Å². The third-order valence-electron chi connectivity index (χ3n) is 4.31. The Hall–Kier alpha value is -2.81. The predicted molar refractivity (Wildman–Crippen MR) is 97.0 cm³/mol. The molecule has 1 aliphatic heterocycles. The van der Waals surface area contributed by atoms with Gasteiger partial charge < -0.3 is 25.0 Å². The lowest BCUT2D eigenvalue weighted by molar-refractivity contribution is -0.881. The van der Waals surface area contributed by atoms with Gasteiger partial charge in [0.15, 0.2) is 24.6 Å². The topological polar surface area (TPSA) is 110 Å². The minimum atomic E-state index is -0.473. The molecule has 0 aromatic heterocycles. The van der Waals surface area contributed by atoms with Crippen LogP contribution in [0.5, 0.6) is 11.5 Å². The van der Waals surface area contributed by atoms with E-state index in [1.54, 1.807) is 18.2 Å². The van der Waals surface area contributed by atoms with Gasteiger partial charge in [-0.25, -0.2) is 4.79 Å². The molecule has 1 aliphatic carbocycles. The van der Waals surface area contributed by atoms with Gasteiger partial charge in [0.2, 0.25) is 0 Å². The number of likely N-dealkylation sites (N-methyl/N-ethyl adjacent to an activating group) is 1. The summed E-state index contributed by atoms with van der Waals surface area (Å²) in [6.07, 6.45) is 1.90. The third kappa shape index (κ3) is 5.85. The van der Waals surface area contributed by atoms with Crippen LogP contribution in [-0.4, -0.2) is 56.7 Å². The van der Waals surface area contributed by atoms with E-state index in [9.17, 15) is 14.4 Å². The summed E-state index contributed by atoms with van der Waals surface area (Å²) < 4.78 is 10.9. The number of fused-ring (bicyclic) bond motifs is 1. The molecule has 0 radical (unpaired) electrons. The standard InChI is InChI=1S/C18H24N4O5/c1-2-22(11-17(24)21-18(25)20-12-3-4-12)10-16(23)19-13-5-6-14-15(9-13)27-8-7-26-14/h5-6,9,12H,2-4,7-8,10-11H2,1H3,(H,19,23)(H2,20,21,24,25)/p+1. The van der Waals surface area contributed by atoms with Gasteiger partial charge in [0.05, 0.1) is 6.54 Å². The molecule has 4 amide bonds. The highest BCUT2D eigenvalue weighted by Gasteiger charge is 2.25. The van der Waals surface area contributed by atoms with Crippen molar-refractivity contribution < 1.29 is 28.8 Å². The Kier molecular flexibility index (Phi) is 6.12. The Labute approximate surface area is 157 Å². The minimum Gasteiger partial charge on any atom is -0.486 e. The number of hydrogen-bond donors (Lipinski definition) is 4. The van der Waals surface area contributed by atoms with Crippen LogP contribution in [0, 0.1) is 0 Å². The van der Waals surface area contributed by atoms with Crippen LogP contribution in [0.2, 0.25) is 0 Å². The fourth-order valence-corrected chi connectivity index (χ4v) is 2.71. The van der Waals surface area contributed by atoms with Gasteiger partial charge in [-0.05, 0) is 31.9 Å². The largest absolute Gasteiger partial charge is 0.486 e. The first kappa shape index (κ1) is 19.0. The number of urea groups is 1. The van der Waals surface area contributed by atoms with Crippen LogP contribution in [0.25, 0.3) is 0 Å². The SMILES string of the molecule is CC[NH+](CC(=O)NC(=O)NC1CC1)CC(=O)Nc1ccc2c(c1)OCCO2. The monoisotopic (exact) mass is 377 g/mol. The van der Waals surface area contributed by atoms with Crippen molar-refractivity contribution in [2.75, 3.05) is 38.2 Å². The first-order chi connectivity index (χ1) is 13.0. The van der Waals surface area contributed by atoms with Crippen molar-refractivity contribution in [3.05, 3.63) is 18.2 Å². The van der Waals surface area contributed by atoms with Crippen LogP contribution < -0.4 is 30.3 Å². The zero-order valence-electron chi connectivity index (χ0n) is 15.3. The molecular weight excluding hydrogens is 352 g/mol. The fraction of sp³-hybridized carbons (Fsp3) is 0.500. The number of quaternary nitrogens is 1. The van der Waals surface area contributed by atoms with Crippen molar-refractivity contribution in [1.82, 2.24) is 10.6 Å². The van der Waals surface area contributed by atoms with Gasteiger partial charge in [0.25, 0.3) is 11.8 Å². The maximum Gasteiger partial charge on any atom is 0.321 e. The van der Waals surface area contributed by atoms with E-state index in [4.69, 9.17) is 9.47 Å². The number of ether oxygens (including phenoxy) is 2. The highest BCUT2D eigenvalue weighted by atomic mass is 16.6. The molecule has 0 saturated heterocycles. The van der Waals surface area contributed by atoms with Gasteiger partial charge in [-0.1, -0.05) is 0 Å². The quantitative estimate of drug-likeness (QED) is 0.502. The molecule has 2 aliphatic rings. The summed E-state index contributed by atoms with van der Waals surface area (Å²) in [7, 11) is 0.